The van der Waals surface area contributed by atoms with Crippen LogP contribution >= 0.6 is 0 Å². The minimum Gasteiger partial charge on any atom is -0.370 e. The van der Waals surface area contributed by atoms with Gasteiger partial charge in [0.05, 0.1) is 35.2 Å². The summed E-state index contributed by atoms with van der Waals surface area (Å²) in [6.07, 6.45) is 3.61. The highest BCUT2D eigenvalue weighted by Crippen LogP contribution is 2.30. The molecule has 1 aliphatic rings. The summed E-state index contributed by atoms with van der Waals surface area (Å²) in [6.45, 7) is 4.28. The van der Waals surface area contributed by atoms with Crippen LogP contribution in [0, 0.1) is 11.3 Å². The number of benzene rings is 2. The summed E-state index contributed by atoms with van der Waals surface area (Å²) in [5, 5.41) is 18.4. The predicted molar refractivity (Wildman–Crippen MR) is 125 cm³/mol. The molecule has 0 spiro atoms. The van der Waals surface area contributed by atoms with Gasteiger partial charge in [0.2, 0.25) is 0 Å². The standard InChI is InChI=1S/C25H24N6O/c1-18-16-30(23-10-9-19(14-26)25-22(23)8-5-12-27-25)17-21(32-18)15-28-24-11-13-29-31(24)20-6-3-2-4-7-20/h2-13,18,21,28H,15-17H2,1H3/t18-,21+/m1/s1. The molecule has 1 saturated heterocycles. The number of anilines is 2. The molecule has 5 rings (SSSR count). The van der Waals surface area contributed by atoms with Gasteiger partial charge in [0, 0.05) is 43.0 Å². The Morgan fingerprint density at radius 1 is 1.06 bits per heavy atom. The largest absolute Gasteiger partial charge is 0.370 e. The Labute approximate surface area is 186 Å². The molecule has 2 aromatic carbocycles. The lowest BCUT2D eigenvalue weighted by atomic mass is 10.1. The van der Waals surface area contributed by atoms with Crippen LogP contribution in [0.1, 0.15) is 12.5 Å². The molecule has 7 heteroatoms. The van der Waals surface area contributed by atoms with Crippen LogP contribution in [0.2, 0.25) is 0 Å². The summed E-state index contributed by atoms with van der Waals surface area (Å²) in [5.41, 5.74) is 3.43. The van der Waals surface area contributed by atoms with Crippen molar-refractivity contribution in [2.45, 2.75) is 19.1 Å². The van der Waals surface area contributed by atoms with Crippen LogP contribution in [-0.2, 0) is 4.74 Å². The molecule has 0 unspecified atom stereocenters. The number of para-hydroxylation sites is 1. The van der Waals surface area contributed by atoms with Gasteiger partial charge in [-0.25, -0.2) is 4.68 Å². The monoisotopic (exact) mass is 424 g/mol. The van der Waals surface area contributed by atoms with E-state index in [4.69, 9.17) is 4.74 Å². The van der Waals surface area contributed by atoms with Gasteiger partial charge < -0.3 is 15.0 Å². The van der Waals surface area contributed by atoms with Crippen LogP contribution in [0.3, 0.4) is 0 Å². The molecule has 4 aromatic rings. The summed E-state index contributed by atoms with van der Waals surface area (Å²) in [4.78, 5) is 6.79. The first-order valence-electron chi connectivity index (χ1n) is 10.7. The highest BCUT2D eigenvalue weighted by molar-refractivity contribution is 5.95. The molecule has 0 aliphatic carbocycles. The fourth-order valence-electron chi connectivity index (χ4n) is 4.31. The molecule has 160 valence electrons. The maximum atomic E-state index is 9.45. The highest BCUT2D eigenvalue weighted by Gasteiger charge is 2.27. The first-order chi connectivity index (χ1) is 15.7. The number of nitrogens with one attached hydrogen (secondary N) is 1. The van der Waals surface area contributed by atoms with Crippen molar-refractivity contribution in [2.24, 2.45) is 0 Å². The van der Waals surface area contributed by atoms with E-state index in [1.165, 1.54) is 0 Å². The van der Waals surface area contributed by atoms with E-state index < -0.39 is 0 Å². The maximum Gasteiger partial charge on any atom is 0.129 e. The molecule has 0 amide bonds. The molecule has 3 heterocycles. The Bertz CT molecular complexity index is 1260. The maximum absolute atomic E-state index is 9.45. The Balaban J connectivity index is 1.35. The second-order valence-corrected chi connectivity index (χ2v) is 7.96. The molecule has 2 aromatic heterocycles. The molecule has 2 atom stereocenters. The van der Waals surface area contributed by atoms with Crippen molar-refractivity contribution in [3.63, 3.8) is 0 Å². The van der Waals surface area contributed by atoms with Crippen molar-refractivity contribution in [3.05, 3.63) is 78.6 Å². The van der Waals surface area contributed by atoms with E-state index >= 15 is 0 Å². The van der Waals surface area contributed by atoms with Gasteiger partial charge >= 0.3 is 0 Å². The molecule has 0 bridgehead atoms. The van der Waals surface area contributed by atoms with Gasteiger partial charge in [0.25, 0.3) is 0 Å². The molecule has 1 fully saturated rings. The normalized spacial score (nSPS) is 18.4. The van der Waals surface area contributed by atoms with Crippen LogP contribution in [0.5, 0.6) is 0 Å². The lowest BCUT2D eigenvalue weighted by Gasteiger charge is -2.39. The van der Waals surface area contributed by atoms with E-state index in [0.717, 1.165) is 41.2 Å². The Kier molecular flexibility index (Phi) is 5.44. The van der Waals surface area contributed by atoms with Gasteiger partial charge in [0.1, 0.15) is 11.9 Å². The fourth-order valence-corrected chi connectivity index (χ4v) is 4.31. The zero-order valence-electron chi connectivity index (χ0n) is 17.8. The van der Waals surface area contributed by atoms with E-state index in [1.807, 2.05) is 65.3 Å². The Morgan fingerprint density at radius 2 is 1.94 bits per heavy atom. The van der Waals surface area contributed by atoms with Gasteiger partial charge in [-0.3, -0.25) is 4.98 Å². The molecular formula is C25H24N6O. The summed E-state index contributed by atoms with van der Waals surface area (Å²) in [7, 11) is 0. The van der Waals surface area contributed by atoms with E-state index in [-0.39, 0.29) is 12.2 Å². The lowest BCUT2D eigenvalue weighted by Crippen LogP contribution is -2.49. The number of pyridine rings is 1. The summed E-state index contributed by atoms with van der Waals surface area (Å²) in [5.74, 6) is 0.928. The third-order valence-electron chi connectivity index (χ3n) is 5.69. The number of morpholine rings is 1. The van der Waals surface area contributed by atoms with Crippen molar-refractivity contribution in [1.82, 2.24) is 14.8 Å². The minimum absolute atomic E-state index is 0.000220. The molecule has 1 aliphatic heterocycles. The van der Waals surface area contributed by atoms with Gasteiger partial charge in [0.15, 0.2) is 0 Å². The lowest BCUT2D eigenvalue weighted by molar-refractivity contribution is -0.00825. The van der Waals surface area contributed by atoms with Gasteiger partial charge in [-0.2, -0.15) is 10.4 Å². The zero-order chi connectivity index (χ0) is 21.9. The predicted octanol–water partition coefficient (Wildman–Crippen LogP) is 4.00. The Hall–Kier alpha value is -3.89. The second kappa shape index (κ2) is 8.69. The van der Waals surface area contributed by atoms with Crippen LogP contribution < -0.4 is 10.2 Å². The van der Waals surface area contributed by atoms with Crippen molar-refractivity contribution < 1.29 is 4.74 Å². The number of rotatable bonds is 5. The number of ether oxygens (including phenoxy) is 1. The fraction of sp³-hybridized carbons (Fsp3) is 0.240. The van der Waals surface area contributed by atoms with E-state index in [9.17, 15) is 5.26 Å². The number of nitrogens with zero attached hydrogens (tertiary/aromatic N) is 5. The quantitative estimate of drug-likeness (QED) is 0.522. The SMILES string of the molecule is C[C@@H]1CN(c2ccc(C#N)c3ncccc23)C[C@H](CNc2ccnn2-c2ccccc2)O1. The topological polar surface area (TPSA) is 79.0 Å². The number of nitriles is 1. The van der Waals surface area contributed by atoms with E-state index in [1.54, 1.807) is 12.4 Å². The van der Waals surface area contributed by atoms with Crippen molar-refractivity contribution in [1.29, 1.82) is 5.26 Å². The summed E-state index contributed by atoms with van der Waals surface area (Å²) >= 11 is 0. The number of hydrogen-bond donors (Lipinski definition) is 1. The van der Waals surface area contributed by atoms with Crippen LogP contribution in [-0.4, -0.2) is 46.6 Å². The average Bonchev–Trinajstić information content (AvgIpc) is 3.31. The molecular weight excluding hydrogens is 400 g/mol. The summed E-state index contributed by atoms with van der Waals surface area (Å²) < 4.78 is 8.13. The number of fused-ring (bicyclic) bond motifs is 1. The van der Waals surface area contributed by atoms with Crippen LogP contribution in [0.15, 0.2) is 73.1 Å². The molecule has 32 heavy (non-hydrogen) atoms. The van der Waals surface area contributed by atoms with Crippen LogP contribution in [0.4, 0.5) is 11.5 Å². The third kappa shape index (κ3) is 3.88. The van der Waals surface area contributed by atoms with Crippen molar-refractivity contribution >= 4 is 22.4 Å². The third-order valence-corrected chi connectivity index (χ3v) is 5.69. The van der Waals surface area contributed by atoms with E-state index in [2.05, 4.69) is 33.3 Å². The number of hydrogen-bond acceptors (Lipinski definition) is 6. The molecule has 7 nitrogen and oxygen atoms in total. The first kappa shape index (κ1) is 20.0. The van der Waals surface area contributed by atoms with Gasteiger partial charge in [-0.15, -0.1) is 0 Å². The second-order valence-electron chi connectivity index (χ2n) is 7.96. The van der Waals surface area contributed by atoms with Gasteiger partial charge in [-0.05, 0) is 43.3 Å². The van der Waals surface area contributed by atoms with E-state index in [0.29, 0.717) is 12.1 Å². The minimum atomic E-state index is 0.000220. The molecule has 0 radical (unpaired) electrons. The average molecular weight is 425 g/mol. The smallest absolute Gasteiger partial charge is 0.129 e. The number of aromatic nitrogens is 3. The van der Waals surface area contributed by atoms with Crippen LogP contribution in [0.25, 0.3) is 16.6 Å². The van der Waals surface area contributed by atoms with Crippen molar-refractivity contribution in [3.8, 4) is 11.8 Å². The zero-order valence-corrected chi connectivity index (χ0v) is 17.8. The van der Waals surface area contributed by atoms with Crippen molar-refractivity contribution in [2.75, 3.05) is 29.9 Å². The summed E-state index contributed by atoms with van der Waals surface area (Å²) in [6, 6.07) is 22.1. The Morgan fingerprint density at radius 3 is 2.78 bits per heavy atom. The highest BCUT2D eigenvalue weighted by atomic mass is 16.5. The van der Waals surface area contributed by atoms with Gasteiger partial charge in [-0.1, -0.05) is 18.2 Å². The molecule has 1 N–H and O–H groups in total. The first-order valence-corrected chi connectivity index (χ1v) is 10.7. The molecule has 0 saturated carbocycles.